The first kappa shape index (κ1) is 28.4. The summed E-state index contributed by atoms with van der Waals surface area (Å²) in [7, 11) is 0. The molecule has 35 heavy (non-hydrogen) atoms. The maximum atomic E-state index is 6.68. The smallest absolute Gasteiger partial charge is 0.119 e. The van der Waals surface area contributed by atoms with E-state index in [0.29, 0.717) is 23.2 Å². The summed E-state index contributed by atoms with van der Waals surface area (Å²) in [6.45, 7) is 11.8. The van der Waals surface area contributed by atoms with Crippen LogP contribution >= 0.6 is 23.4 Å². The molecule has 2 aromatic carbocycles. The van der Waals surface area contributed by atoms with Crippen molar-refractivity contribution in [3.05, 3.63) is 63.7 Å². The zero-order valence-electron chi connectivity index (χ0n) is 22.0. The van der Waals surface area contributed by atoms with Gasteiger partial charge in [0.25, 0.3) is 0 Å². The Morgan fingerprint density at radius 1 is 0.943 bits per heavy atom. The van der Waals surface area contributed by atoms with Crippen molar-refractivity contribution < 1.29 is 14.2 Å². The topological polar surface area (TPSA) is 27.7 Å². The summed E-state index contributed by atoms with van der Waals surface area (Å²) in [5.74, 6) is 0.925. The van der Waals surface area contributed by atoms with Crippen LogP contribution in [-0.4, -0.2) is 37.8 Å². The lowest BCUT2D eigenvalue weighted by Crippen LogP contribution is -2.30. The van der Waals surface area contributed by atoms with E-state index in [2.05, 4.69) is 68.9 Å². The fraction of sp³-hybridized carbons (Fsp3) is 0.600. The molecule has 2 aromatic rings. The highest BCUT2D eigenvalue weighted by atomic mass is 35.5. The van der Waals surface area contributed by atoms with Crippen molar-refractivity contribution in [2.75, 3.05) is 26.4 Å². The fourth-order valence-corrected chi connectivity index (χ4v) is 6.32. The van der Waals surface area contributed by atoms with E-state index in [4.69, 9.17) is 25.8 Å². The van der Waals surface area contributed by atoms with E-state index >= 15 is 0 Å². The average Bonchev–Trinajstić information content (AvgIpc) is 2.85. The first-order valence-electron chi connectivity index (χ1n) is 13.4. The summed E-state index contributed by atoms with van der Waals surface area (Å²) in [5.41, 5.74) is 5.05. The van der Waals surface area contributed by atoms with Gasteiger partial charge in [0.2, 0.25) is 0 Å². The van der Waals surface area contributed by atoms with Crippen LogP contribution in [0.2, 0.25) is 5.02 Å². The van der Waals surface area contributed by atoms with Crippen LogP contribution in [0.4, 0.5) is 0 Å². The maximum absolute atomic E-state index is 6.68. The Hall–Kier alpha value is -1.20. The van der Waals surface area contributed by atoms with E-state index in [1.54, 1.807) is 0 Å². The zero-order valence-corrected chi connectivity index (χ0v) is 23.6. The van der Waals surface area contributed by atoms with Gasteiger partial charge in [-0.05, 0) is 86.4 Å². The molecule has 3 rings (SSSR count). The second-order valence-corrected chi connectivity index (χ2v) is 11.5. The highest BCUT2D eigenvalue weighted by molar-refractivity contribution is 8.00. The molecule has 1 saturated heterocycles. The van der Waals surface area contributed by atoms with Gasteiger partial charge in [0.15, 0.2) is 0 Å². The minimum Gasteiger partial charge on any atom is -0.494 e. The summed E-state index contributed by atoms with van der Waals surface area (Å²) in [4.78, 5) is 0. The van der Waals surface area contributed by atoms with Gasteiger partial charge >= 0.3 is 0 Å². The second kappa shape index (κ2) is 15.1. The number of unbranched alkanes of at least 4 members (excludes halogenated alkanes) is 2. The van der Waals surface area contributed by atoms with Crippen molar-refractivity contribution in [3.63, 3.8) is 0 Å². The lowest BCUT2D eigenvalue weighted by molar-refractivity contribution is 0.0283. The summed E-state index contributed by atoms with van der Waals surface area (Å²) in [6.07, 6.45) is 7.82. The Morgan fingerprint density at radius 2 is 1.74 bits per heavy atom. The standard InChI is InChI=1S/C30H43ClO3S/c1-5-8-14-32-21-28-19-27(34-15-9-6-2)20-30(35-28)24-11-13-29(31)25(18-24)17-23-10-12-26(33-7-3)16-22(23)4/h10-13,16,18,27-28,30H,5-9,14-15,17,19-21H2,1-4H3/t27-,28-,30+/m0/s1. The van der Waals surface area contributed by atoms with Gasteiger partial charge in [-0.25, -0.2) is 0 Å². The van der Waals surface area contributed by atoms with Gasteiger partial charge in [-0.2, -0.15) is 0 Å². The molecule has 0 bridgehead atoms. The van der Waals surface area contributed by atoms with Gasteiger partial charge in [0, 0.05) is 28.7 Å². The largest absolute Gasteiger partial charge is 0.494 e. The van der Waals surface area contributed by atoms with Gasteiger partial charge < -0.3 is 14.2 Å². The Labute approximate surface area is 222 Å². The second-order valence-electron chi connectivity index (χ2n) is 9.54. The highest BCUT2D eigenvalue weighted by Crippen LogP contribution is 2.44. The van der Waals surface area contributed by atoms with Crippen LogP contribution in [0.5, 0.6) is 5.75 Å². The summed E-state index contributed by atoms with van der Waals surface area (Å²) >= 11 is 8.73. The minimum absolute atomic E-state index is 0.292. The lowest BCUT2D eigenvalue weighted by atomic mass is 9.96. The summed E-state index contributed by atoms with van der Waals surface area (Å²) in [5, 5.41) is 1.69. The molecule has 5 heteroatoms. The van der Waals surface area contributed by atoms with Crippen molar-refractivity contribution in [1.82, 2.24) is 0 Å². The van der Waals surface area contributed by atoms with E-state index < -0.39 is 0 Å². The van der Waals surface area contributed by atoms with E-state index in [0.717, 1.165) is 62.7 Å². The van der Waals surface area contributed by atoms with Gasteiger partial charge in [0.1, 0.15) is 5.75 Å². The zero-order chi connectivity index (χ0) is 25.0. The normalized spacial score (nSPS) is 20.2. The van der Waals surface area contributed by atoms with Crippen molar-refractivity contribution in [3.8, 4) is 5.75 Å². The number of halogens is 1. The molecule has 1 fully saturated rings. The molecular formula is C30H43ClO3S. The molecule has 3 nitrogen and oxygen atoms in total. The quantitative estimate of drug-likeness (QED) is 0.234. The molecule has 0 radical (unpaired) electrons. The van der Waals surface area contributed by atoms with Gasteiger partial charge in [0.05, 0.1) is 19.3 Å². The molecule has 0 N–H and O–H groups in total. The monoisotopic (exact) mass is 518 g/mol. The third kappa shape index (κ3) is 9.00. The fourth-order valence-electron chi connectivity index (χ4n) is 4.54. The number of hydrogen-bond donors (Lipinski definition) is 0. The Bertz CT molecular complexity index is 903. The molecule has 1 aliphatic heterocycles. The molecular weight excluding hydrogens is 476 g/mol. The molecule has 0 spiro atoms. The van der Waals surface area contributed by atoms with Crippen molar-refractivity contribution in [2.24, 2.45) is 0 Å². The van der Waals surface area contributed by atoms with Crippen LogP contribution in [0.15, 0.2) is 36.4 Å². The van der Waals surface area contributed by atoms with Gasteiger partial charge in [-0.15, -0.1) is 11.8 Å². The van der Waals surface area contributed by atoms with Gasteiger partial charge in [-0.3, -0.25) is 0 Å². The summed E-state index contributed by atoms with van der Waals surface area (Å²) in [6, 6.07) is 12.9. The molecule has 1 heterocycles. The molecule has 0 saturated carbocycles. The number of benzene rings is 2. The van der Waals surface area contributed by atoms with Crippen LogP contribution < -0.4 is 4.74 Å². The Kier molecular flexibility index (Phi) is 12.3. The van der Waals surface area contributed by atoms with E-state index in [1.165, 1.54) is 35.1 Å². The van der Waals surface area contributed by atoms with Crippen LogP contribution in [0, 0.1) is 6.92 Å². The van der Waals surface area contributed by atoms with Crippen LogP contribution in [0.1, 0.15) is 86.8 Å². The average molecular weight is 519 g/mol. The first-order chi connectivity index (χ1) is 17.0. The van der Waals surface area contributed by atoms with Gasteiger partial charge in [-0.1, -0.05) is 56.5 Å². The van der Waals surface area contributed by atoms with E-state index in [-0.39, 0.29) is 0 Å². The molecule has 0 aliphatic carbocycles. The number of thioether (sulfide) groups is 1. The minimum atomic E-state index is 0.292. The van der Waals surface area contributed by atoms with Crippen LogP contribution in [0.25, 0.3) is 0 Å². The lowest BCUT2D eigenvalue weighted by Gasteiger charge is -2.35. The van der Waals surface area contributed by atoms with Crippen molar-refractivity contribution in [2.45, 2.75) is 89.2 Å². The first-order valence-corrected chi connectivity index (χ1v) is 14.7. The third-order valence-electron chi connectivity index (χ3n) is 6.60. The SMILES string of the molecule is CCCCOC[C@@H]1C[C@H](OCCCC)C[C@H](c2ccc(Cl)c(Cc3ccc(OCC)cc3C)c2)S1. The van der Waals surface area contributed by atoms with Crippen molar-refractivity contribution >= 4 is 23.4 Å². The Morgan fingerprint density at radius 3 is 2.49 bits per heavy atom. The molecule has 0 amide bonds. The molecule has 0 aromatic heterocycles. The predicted octanol–water partition coefficient (Wildman–Crippen LogP) is 8.58. The van der Waals surface area contributed by atoms with Crippen LogP contribution in [-0.2, 0) is 15.9 Å². The maximum Gasteiger partial charge on any atom is 0.119 e. The number of rotatable bonds is 14. The van der Waals surface area contributed by atoms with Crippen molar-refractivity contribution in [1.29, 1.82) is 0 Å². The highest BCUT2D eigenvalue weighted by Gasteiger charge is 2.31. The summed E-state index contributed by atoms with van der Waals surface area (Å²) < 4.78 is 18.0. The van der Waals surface area contributed by atoms with Crippen LogP contribution in [0.3, 0.4) is 0 Å². The Balaban J connectivity index is 1.74. The van der Waals surface area contributed by atoms with E-state index in [1.807, 2.05) is 6.92 Å². The molecule has 194 valence electrons. The number of ether oxygens (including phenoxy) is 3. The van der Waals surface area contributed by atoms with E-state index in [9.17, 15) is 0 Å². The predicted molar refractivity (Wildman–Crippen MR) is 150 cm³/mol. The molecule has 0 unspecified atom stereocenters. The number of hydrogen-bond acceptors (Lipinski definition) is 4. The third-order valence-corrected chi connectivity index (χ3v) is 8.48. The molecule has 3 atom stereocenters. The molecule has 1 aliphatic rings. The number of aryl methyl sites for hydroxylation is 1.